The van der Waals surface area contributed by atoms with Crippen LogP contribution < -0.4 is 15.8 Å². The number of hydrogen-bond acceptors (Lipinski definition) is 4. The number of pyridine rings is 2. The number of nitrogens with zero attached hydrogens (tertiary/aromatic N) is 2. The van der Waals surface area contributed by atoms with Crippen molar-refractivity contribution in [3.05, 3.63) is 70.3 Å². The first-order valence-electron chi connectivity index (χ1n) is 7.57. The van der Waals surface area contributed by atoms with Crippen molar-refractivity contribution in [1.29, 1.82) is 0 Å². The van der Waals surface area contributed by atoms with Crippen molar-refractivity contribution in [3.63, 3.8) is 0 Å². The molecule has 0 atom stereocenters. The molecule has 0 aliphatic carbocycles. The molecule has 2 heterocycles. The van der Waals surface area contributed by atoms with Gasteiger partial charge >= 0.3 is 0 Å². The summed E-state index contributed by atoms with van der Waals surface area (Å²) in [4.78, 5) is 33.1. The fraction of sp³-hybridized carbons (Fsp3) is 0.167. The molecule has 0 aliphatic heterocycles. The normalized spacial score (nSPS) is 10.6. The molecule has 0 radical (unpaired) electrons. The molecule has 0 aliphatic rings. The maximum absolute atomic E-state index is 12.3. The van der Waals surface area contributed by atoms with Crippen molar-refractivity contribution in [2.45, 2.75) is 6.54 Å². The Bertz CT molecular complexity index is 947. The van der Waals surface area contributed by atoms with Crippen molar-refractivity contribution in [3.8, 4) is 0 Å². The van der Waals surface area contributed by atoms with E-state index in [0.717, 1.165) is 16.8 Å². The van der Waals surface area contributed by atoms with Crippen molar-refractivity contribution < 1.29 is 4.79 Å². The zero-order valence-corrected chi connectivity index (χ0v) is 13.5. The highest BCUT2D eigenvalue weighted by Crippen LogP contribution is 2.11. The monoisotopic (exact) mass is 322 g/mol. The van der Waals surface area contributed by atoms with E-state index in [1.54, 1.807) is 24.4 Å². The lowest BCUT2D eigenvalue weighted by Crippen LogP contribution is -2.26. The molecule has 3 rings (SSSR count). The Kier molecular flexibility index (Phi) is 4.29. The number of carbonyl (C=O) groups excluding carboxylic acids is 1. The predicted octanol–water partition coefficient (Wildman–Crippen LogP) is 1.92. The summed E-state index contributed by atoms with van der Waals surface area (Å²) in [5.41, 5.74) is 0.919. The number of rotatable bonds is 4. The average molecular weight is 322 g/mol. The minimum atomic E-state index is -0.318. The quantitative estimate of drug-likeness (QED) is 0.769. The molecule has 0 bridgehead atoms. The predicted molar refractivity (Wildman–Crippen MR) is 94.3 cm³/mol. The third kappa shape index (κ3) is 3.27. The second-order valence-corrected chi connectivity index (χ2v) is 5.70. The van der Waals surface area contributed by atoms with Gasteiger partial charge in [-0.25, -0.2) is 4.98 Å². The maximum Gasteiger partial charge on any atom is 0.268 e. The molecule has 2 aromatic heterocycles. The van der Waals surface area contributed by atoms with Crippen LogP contribution in [0.3, 0.4) is 0 Å². The molecule has 6 nitrogen and oxygen atoms in total. The highest BCUT2D eigenvalue weighted by atomic mass is 16.2. The van der Waals surface area contributed by atoms with Gasteiger partial charge in [0, 0.05) is 32.2 Å². The van der Waals surface area contributed by atoms with Crippen LogP contribution in [0.1, 0.15) is 16.1 Å². The number of nitrogens with one attached hydrogen (secondary N) is 2. The van der Waals surface area contributed by atoms with E-state index in [9.17, 15) is 9.59 Å². The second kappa shape index (κ2) is 6.54. The Labute approximate surface area is 139 Å². The van der Waals surface area contributed by atoms with Gasteiger partial charge < -0.3 is 15.2 Å². The molecule has 0 saturated carbocycles. The number of hydrogen-bond donors (Lipinski definition) is 2. The SMILES string of the molecule is CN(C)c1cc(CNC(=O)c2cc3ccccc3c(=O)[nH]2)ccn1. The molecule has 122 valence electrons. The number of fused-ring (bicyclic) bond motifs is 1. The molecule has 1 aromatic carbocycles. The fourth-order valence-electron chi connectivity index (χ4n) is 2.43. The zero-order chi connectivity index (χ0) is 17.1. The summed E-state index contributed by atoms with van der Waals surface area (Å²) in [6, 6.07) is 12.6. The number of H-pyrrole nitrogens is 1. The van der Waals surface area contributed by atoms with E-state index in [1.165, 1.54) is 0 Å². The van der Waals surface area contributed by atoms with Gasteiger partial charge in [0.15, 0.2) is 0 Å². The van der Waals surface area contributed by atoms with Crippen LogP contribution in [0, 0.1) is 0 Å². The Hall–Kier alpha value is -3.15. The molecule has 0 spiro atoms. The van der Waals surface area contributed by atoms with Crippen molar-refractivity contribution in [2.24, 2.45) is 0 Å². The van der Waals surface area contributed by atoms with Gasteiger partial charge in [-0.15, -0.1) is 0 Å². The third-order valence-electron chi connectivity index (χ3n) is 3.72. The smallest absolute Gasteiger partial charge is 0.268 e. The third-order valence-corrected chi connectivity index (χ3v) is 3.72. The molecule has 3 aromatic rings. The van der Waals surface area contributed by atoms with Crippen molar-refractivity contribution in [1.82, 2.24) is 15.3 Å². The second-order valence-electron chi connectivity index (χ2n) is 5.70. The molecule has 1 amide bonds. The summed E-state index contributed by atoms with van der Waals surface area (Å²) in [5, 5.41) is 4.13. The fourth-order valence-corrected chi connectivity index (χ4v) is 2.43. The van der Waals surface area contributed by atoms with Crippen LogP contribution in [0.15, 0.2) is 53.5 Å². The van der Waals surface area contributed by atoms with Crippen LogP contribution >= 0.6 is 0 Å². The van der Waals surface area contributed by atoms with E-state index in [4.69, 9.17) is 0 Å². The van der Waals surface area contributed by atoms with Crippen LogP contribution in [-0.2, 0) is 6.54 Å². The van der Waals surface area contributed by atoms with E-state index in [0.29, 0.717) is 11.9 Å². The van der Waals surface area contributed by atoms with E-state index in [-0.39, 0.29) is 17.2 Å². The Balaban J connectivity index is 1.78. The van der Waals surface area contributed by atoms with Crippen molar-refractivity contribution >= 4 is 22.5 Å². The number of carbonyl (C=O) groups is 1. The van der Waals surface area contributed by atoms with E-state index >= 15 is 0 Å². The average Bonchev–Trinajstić information content (AvgIpc) is 2.60. The van der Waals surface area contributed by atoms with Gasteiger partial charge in [-0.05, 0) is 35.2 Å². The van der Waals surface area contributed by atoms with E-state index in [1.807, 2.05) is 43.3 Å². The Morgan fingerprint density at radius 1 is 1.21 bits per heavy atom. The van der Waals surface area contributed by atoms with Gasteiger partial charge in [-0.1, -0.05) is 18.2 Å². The molecule has 0 saturated heterocycles. The van der Waals surface area contributed by atoms with E-state index in [2.05, 4.69) is 15.3 Å². The minimum Gasteiger partial charge on any atom is -0.363 e. The first-order chi connectivity index (χ1) is 11.5. The van der Waals surface area contributed by atoms with Gasteiger partial charge in [0.05, 0.1) is 0 Å². The largest absolute Gasteiger partial charge is 0.363 e. The number of anilines is 1. The molecule has 6 heteroatoms. The lowest BCUT2D eigenvalue weighted by atomic mass is 10.1. The molecule has 0 fully saturated rings. The van der Waals surface area contributed by atoms with Gasteiger partial charge in [0.2, 0.25) is 0 Å². The Morgan fingerprint density at radius 3 is 2.79 bits per heavy atom. The molecule has 24 heavy (non-hydrogen) atoms. The van der Waals surface area contributed by atoms with Crippen LogP contribution in [0.4, 0.5) is 5.82 Å². The van der Waals surface area contributed by atoms with Crippen LogP contribution in [-0.4, -0.2) is 30.0 Å². The molecule has 2 N–H and O–H groups in total. The number of aromatic amines is 1. The summed E-state index contributed by atoms with van der Waals surface area (Å²) in [5.74, 6) is 0.502. The van der Waals surface area contributed by atoms with Crippen LogP contribution in [0.25, 0.3) is 10.8 Å². The highest BCUT2D eigenvalue weighted by Gasteiger charge is 2.09. The summed E-state index contributed by atoms with van der Waals surface area (Å²) >= 11 is 0. The summed E-state index contributed by atoms with van der Waals surface area (Å²) in [7, 11) is 3.81. The van der Waals surface area contributed by atoms with Crippen LogP contribution in [0.2, 0.25) is 0 Å². The van der Waals surface area contributed by atoms with Crippen molar-refractivity contribution in [2.75, 3.05) is 19.0 Å². The molecular formula is C18H18N4O2. The van der Waals surface area contributed by atoms with Crippen LogP contribution in [0.5, 0.6) is 0 Å². The van der Waals surface area contributed by atoms with E-state index < -0.39 is 0 Å². The molecule has 0 unspecified atom stereocenters. The summed E-state index contributed by atoms with van der Waals surface area (Å²) < 4.78 is 0. The molecular weight excluding hydrogens is 304 g/mol. The summed E-state index contributed by atoms with van der Waals surface area (Å²) in [6.45, 7) is 0.358. The number of benzene rings is 1. The zero-order valence-electron chi connectivity index (χ0n) is 13.5. The standard InChI is InChI=1S/C18H18N4O2/c1-22(2)16-9-12(7-8-19-16)11-20-18(24)15-10-13-5-3-4-6-14(13)17(23)21-15/h3-10H,11H2,1-2H3,(H,20,24)(H,21,23). The topological polar surface area (TPSA) is 78.1 Å². The maximum atomic E-state index is 12.3. The van der Waals surface area contributed by atoms with Gasteiger partial charge in [-0.3, -0.25) is 9.59 Å². The lowest BCUT2D eigenvalue weighted by molar-refractivity contribution is 0.0946. The lowest BCUT2D eigenvalue weighted by Gasteiger charge is -2.12. The minimum absolute atomic E-state index is 0.251. The first kappa shape index (κ1) is 15.7. The van der Waals surface area contributed by atoms with Gasteiger partial charge in [0.25, 0.3) is 11.5 Å². The number of amides is 1. The van der Waals surface area contributed by atoms with Gasteiger partial charge in [0.1, 0.15) is 11.5 Å². The highest BCUT2D eigenvalue weighted by molar-refractivity contribution is 5.96. The number of aromatic nitrogens is 2. The first-order valence-corrected chi connectivity index (χ1v) is 7.57. The van der Waals surface area contributed by atoms with Gasteiger partial charge in [-0.2, -0.15) is 0 Å². The summed E-state index contributed by atoms with van der Waals surface area (Å²) in [6.07, 6.45) is 1.70. The Morgan fingerprint density at radius 2 is 2.00 bits per heavy atom.